The fourth-order valence-electron chi connectivity index (χ4n) is 2.30. The van der Waals surface area contributed by atoms with Crippen molar-refractivity contribution in [2.24, 2.45) is 0 Å². The van der Waals surface area contributed by atoms with Crippen LogP contribution in [0.25, 0.3) is 11.5 Å². The van der Waals surface area contributed by atoms with Crippen LogP contribution < -0.4 is 0 Å². The minimum Gasteiger partial charge on any atom is -0.334 e. The molecule has 0 saturated carbocycles. The average molecular weight is 334 g/mol. The van der Waals surface area contributed by atoms with Crippen LogP contribution in [0.2, 0.25) is 5.02 Å². The molecule has 0 amide bonds. The molecule has 0 saturated heterocycles. The van der Waals surface area contributed by atoms with Crippen molar-refractivity contribution in [2.45, 2.75) is 20.4 Å². The Labute approximate surface area is 135 Å². The molecule has 8 nitrogen and oxygen atoms in total. The van der Waals surface area contributed by atoms with E-state index >= 15 is 0 Å². The zero-order valence-electron chi connectivity index (χ0n) is 12.4. The highest BCUT2D eigenvalue weighted by Crippen LogP contribution is 2.26. The van der Waals surface area contributed by atoms with Crippen molar-refractivity contribution in [3.63, 3.8) is 0 Å². The van der Waals surface area contributed by atoms with E-state index in [9.17, 15) is 10.1 Å². The van der Waals surface area contributed by atoms with Gasteiger partial charge >= 0.3 is 5.69 Å². The molecule has 0 fully saturated rings. The number of nitrogens with zero attached hydrogens (tertiary/aromatic N) is 5. The largest absolute Gasteiger partial charge is 0.334 e. The van der Waals surface area contributed by atoms with Gasteiger partial charge in [0.05, 0.1) is 15.5 Å². The van der Waals surface area contributed by atoms with Crippen LogP contribution >= 0.6 is 11.6 Å². The Morgan fingerprint density at radius 3 is 2.74 bits per heavy atom. The van der Waals surface area contributed by atoms with Gasteiger partial charge in [0.25, 0.3) is 5.89 Å². The molecular formula is C14H12ClN5O3. The lowest BCUT2D eigenvalue weighted by Crippen LogP contribution is -2.05. The van der Waals surface area contributed by atoms with Crippen LogP contribution in [0, 0.1) is 24.0 Å². The molecule has 0 spiro atoms. The van der Waals surface area contributed by atoms with Gasteiger partial charge in [0.15, 0.2) is 5.82 Å². The summed E-state index contributed by atoms with van der Waals surface area (Å²) in [6.45, 7) is 3.40. The molecule has 2 heterocycles. The summed E-state index contributed by atoms with van der Waals surface area (Å²) in [5.41, 5.74) is 1.42. The molecule has 3 aromatic rings. The highest BCUT2D eigenvalue weighted by Gasteiger charge is 2.22. The molecular weight excluding hydrogens is 322 g/mol. The molecule has 23 heavy (non-hydrogen) atoms. The number of hydrogen-bond acceptors (Lipinski definition) is 6. The first-order chi connectivity index (χ1) is 11.0. The van der Waals surface area contributed by atoms with Crippen LogP contribution in [0.5, 0.6) is 0 Å². The fourth-order valence-corrected chi connectivity index (χ4v) is 2.52. The summed E-state index contributed by atoms with van der Waals surface area (Å²) in [6.07, 6.45) is 0. The SMILES string of the molecule is Cc1nn(Cc2noc(-c3ccccc3Cl)n2)c(C)c1[N+](=O)[O-]. The molecule has 9 heteroatoms. The molecule has 118 valence electrons. The molecule has 0 atom stereocenters. The Morgan fingerprint density at radius 1 is 1.35 bits per heavy atom. The van der Waals surface area contributed by atoms with Crippen LogP contribution in [0.4, 0.5) is 5.69 Å². The Balaban J connectivity index is 1.90. The maximum absolute atomic E-state index is 11.0. The van der Waals surface area contributed by atoms with E-state index in [1.54, 1.807) is 32.0 Å². The second kappa shape index (κ2) is 5.81. The highest BCUT2D eigenvalue weighted by atomic mass is 35.5. The number of rotatable bonds is 4. The van der Waals surface area contributed by atoms with Gasteiger partial charge in [-0.3, -0.25) is 14.8 Å². The van der Waals surface area contributed by atoms with Crippen LogP contribution in [0.1, 0.15) is 17.2 Å². The molecule has 0 unspecified atom stereocenters. The second-order valence-electron chi connectivity index (χ2n) is 4.93. The Kier molecular flexibility index (Phi) is 3.83. The van der Waals surface area contributed by atoms with E-state index in [-0.39, 0.29) is 12.2 Å². The summed E-state index contributed by atoms with van der Waals surface area (Å²) < 4.78 is 6.69. The first-order valence-electron chi connectivity index (χ1n) is 6.73. The molecule has 2 aromatic heterocycles. The van der Waals surface area contributed by atoms with Crippen LogP contribution in [0.15, 0.2) is 28.8 Å². The minimum atomic E-state index is -0.445. The lowest BCUT2D eigenvalue weighted by atomic mass is 10.2. The van der Waals surface area contributed by atoms with Gasteiger partial charge in [-0.15, -0.1) is 0 Å². The lowest BCUT2D eigenvalue weighted by Gasteiger charge is -1.98. The summed E-state index contributed by atoms with van der Waals surface area (Å²) in [5.74, 6) is 0.655. The predicted octanol–water partition coefficient (Wildman–Crippen LogP) is 3.16. The van der Waals surface area contributed by atoms with E-state index in [0.717, 1.165) is 0 Å². The molecule has 0 radical (unpaired) electrons. The van der Waals surface area contributed by atoms with Crippen LogP contribution in [-0.2, 0) is 6.54 Å². The average Bonchev–Trinajstić information content (AvgIpc) is 3.05. The van der Waals surface area contributed by atoms with Crippen LogP contribution in [0.3, 0.4) is 0 Å². The summed E-state index contributed by atoms with van der Waals surface area (Å²) in [5, 5.41) is 19.6. The molecule has 0 N–H and O–H groups in total. The monoisotopic (exact) mass is 333 g/mol. The Hall–Kier alpha value is -2.74. The summed E-state index contributed by atoms with van der Waals surface area (Å²) in [7, 11) is 0. The van der Waals surface area contributed by atoms with Crippen molar-refractivity contribution < 1.29 is 9.45 Å². The zero-order chi connectivity index (χ0) is 16.6. The van der Waals surface area contributed by atoms with E-state index in [1.807, 2.05) is 6.07 Å². The van der Waals surface area contributed by atoms with Gasteiger partial charge in [-0.1, -0.05) is 28.9 Å². The van der Waals surface area contributed by atoms with Crippen LogP contribution in [-0.4, -0.2) is 24.8 Å². The van der Waals surface area contributed by atoms with Crippen molar-refractivity contribution in [2.75, 3.05) is 0 Å². The quantitative estimate of drug-likeness (QED) is 0.537. The normalized spacial score (nSPS) is 10.9. The van der Waals surface area contributed by atoms with Gasteiger partial charge < -0.3 is 4.52 Å². The predicted molar refractivity (Wildman–Crippen MR) is 82.2 cm³/mol. The number of hydrogen-bond donors (Lipinski definition) is 0. The molecule has 0 aliphatic rings. The Morgan fingerprint density at radius 2 is 2.09 bits per heavy atom. The zero-order valence-corrected chi connectivity index (χ0v) is 13.1. The number of aromatic nitrogens is 4. The van der Waals surface area contributed by atoms with Gasteiger partial charge in [0.1, 0.15) is 17.9 Å². The van der Waals surface area contributed by atoms with Crippen molar-refractivity contribution in [1.29, 1.82) is 0 Å². The Bertz CT molecular complexity index is 886. The molecule has 1 aromatic carbocycles. The molecule has 0 aliphatic carbocycles. The highest BCUT2D eigenvalue weighted by molar-refractivity contribution is 6.33. The van der Waals surface area contributed by atoms with Gasteiger partial charge in [0.2, 0.25) is 0 Å². The number of aryl methyl sites for hydroxylation is 1. The second-order valence-corrected chi connectivity index (χ2v) is 5.34. The third kappa shape index (κ3) is 2.80. The van der Waals surface area contributed by atoms with E-state index in [0.29, 0.717) is 33.7 Å². The summed E-state index contributed by atoms with van der Waals surface area (Å²) >= 11 is 6.09. The van der Waals surface area contributed by atoms with Crippen molar-refractivity contribution in [3.05, 3.63) is 56.6 Å². The van der Waals surface area contributed by atoms with Gasteiger partial charge in [-0.25, -0.2) is 0 Å². The molecule has 3 rings (SSSR count). The topological polar surface area (TPSA) is 99.9 Å². The van der Waals surface area contributed by atoms with E-state index < -0.39 is 4.92 Å². The summed E-state index contributed by atoms with van der Waals surface area (Å²) in [6, 6.07) is 7.12. The van der Waals surface area contributed by atoms with E-state index in [1.165, 1.54) is 4.68 Å². The van der Waals surface area contributed by atoms with Crippen molar-refractivity contribution >= 4 is 17.3 Å². The fraction of sp³-hybridized carbons (Fsp3) is 0.214. The lowest BCUT2D eigenvalue weighted by molar-refractivity contribution is -0.386. The third-order valence-corrected chi connectivity index (χ3v) is 3.72. The maximum atomic E-state index is 11.0. The van der Waals surface area contributed by atoms with Gasteiger partial charge in [0, 0.05) is 0 Å². The standard InChI is InChI=1S/C14H12ClN5O3/c1-8-13(20(21)22)9(2)19(17-8)7-12-16-14(23-18-12)10-5-3-4-6-11(10)15/h3-6H,7H2,1-2H3. The molecule has 0 aliphatic heterocycles. The number of nitro groups is 1. The van der Waals surface area contributed by atoms with E-state index in [2.05, 4.69) is 15.2 Å². The number of halogens is 1. The third-order valence-electron chi connectivity index (χ3n) is 3.39. The van der Waals surface area contributed by atoms with Gasteiger partial charge in [-0.2, -0.15) is 10.1 Å². The summed E-state index contributed by atoms with van der Waals surface area (Å²) in [4.78, 5) is 14.8. The van der Waals surface area contributed by atoms with Crippen molar-refractivity contribution in [1.82, 2.24) is 19.9 Å². The minimum absolute atomic E-state index is 0.000165. The number of benzene rings is 1. The first-order valence-corrected chi connectivity index (χ1v) is 7.11. The molecule has 0 bridgehead atoms. The van der Waals surface area contributed by atoms with Gasteiger partial charge in [-0.05, 0) is 26.0 Å². The van der Waals surface area contributed by atoms with E-state index in [4.69, 9.17) is 16.1 Å². The maximum Gasteiger partial charge on any atom is 0.312 e. The van der Waals surface area contributed by atoms with Crippen molar-refractivity contribution in [3.8, 4) is 11.5 Å². The smallest absolute Gasteiger partial charge is 0.312 e. The first kappa shape index (κ1) is 15.2.